The minimum absolute atomic E-state index is 0.228. The third-order valence-electron chi connectivity index (χ3n) is 2.83. The van der Waals surface area contributed by atoms with Crippen molar-refractivity contribution < 1.29 is 4.39 Å². The van der Waals surface area contributed by atoms with Crippen LogP contribution in [-0.2, 0) is 0 Å². The van der Waals surface area contributed by atoms with E-state index in [0.717, 1.165) is 16.6 Å². The summed E-state index contributed by atoms with van der Waals surface area (Å²) in [5.74, 6) is -0.228. The van der Waals surface area contributed by atoms with E-state index in [1.165, 1.54) is 6.07 Å². The Morgan fingerprint density at radius 3 is 2.61 bits per heavy atom. The van der Waals surface area contributed by atoms with Crippen molar-refractivity contribution in [2.24, 2.45) is 0 Å². The van der Waals surface area contributed by atoms with Crippen LogP contribution >= 0.6 is 0 Å². The summed E-state index contributed by atoms with van der Waals surface area (Å²) in [7, 11) is 0. The molecule has 3 heteroatoms. The van der Waals surface area contributed by atoms with Gasteiger partial charge in [-0.1, -0.05) is 36.4 Å². The molecule has 0 spiro atoms. The Balaban J connectivity index is 2.00. The fourth-order valence-electron chi connectivity index (χ4n) is 1.89. The number of para-hydroxylation sites is 1. The first-order valence-electron chi connectivity index (χ1n) is 5.70. The molecule has 0 aliphatic carbocycles. The predicted molar refractivity (Wildman–Crippen MR) is 71.4 cm³/mol. The Bertz CT molecular complexity index is 713. The standard InChI is InChI=1S/C15H11FN2/c16-13-7-3-1-5-11(13)9-10-15-12-6-2-4-8-14(12)17-18-15/h1-10H,(H,17,18). The highest BCUT2D eigenvalue weighted by molar-refractivity contribution is 5.89. The number of hydrogen-bond donors (Lipinski definition) is 1. The molecule has 2 aromatic carbocycles. The van der Waals surface area contributed by atoms with Gasteiger partial charge in [0, 0.05) is 10.9 Å². The fourth-order valence-corrected chi connectivity index (χ4v) is 1.89. The van der Waals surface area contributed by atoms with E-state index in [0.29, 0.717) is 5.56 Å². The maximum Gasteiger partial charge on any atom is 0.130 e. The molecule has 0 amide bonds. The molecule has 0 saturated carbocycles. The van der Waals surface area contributed by atoms with Crippen LogP contribution in [0.5, 0.6) is 0 Å². The van der Waals surface area contributed by atoms with Crippen LogP contribution < -0.4 is 0 Å². The molecule has 88 valence electrons. The molecule has 0 unspecified atom stereocenters. The summed E-state index contributed by atoms with van der Waals surface area (Å²) < 4.78 is 13.5. The molecule has 0 radical (unpaired) electrons. The van der Waals surface area contributed by atoms with Crippen LogP contribution in [-0.4, -0.2) is 10.2 Å². The van der Waals surface area contributed by atoms with Gasteiger partial charge in [0.2, 0.25) is 0 Å². The first-order valence-corrected chi connectivity index (χ1v) is 5.70. The minimum Gasteiger partial charge on any atom is -0.277 e. The second-order valence-electron chi connectivity index (χ2n) is 4.01. The summed E-state index contributed by atoms with van der Waals surface area (Å²) in [6.07, 6.45) is 3.55. The molecule has 3 rings (SSSR count). The molecule has 1 aromatic heterocycles. The Labute approximate surface area is 104 Å². The highest BCUT2D eigenvalue weighted by Crippen LogP contribution is 2.18. The predicted octanol–water partition coefficient (Wildman–Crippen LogP) is 3.87. The second-order valence-corrected chi connectivity index (χ2v) is 4.01. The van der Waals surface area contributed by atoms with Crippen LogP contribution in [0.2, 0.25) is 0 Å². The summed E-state index contributed by atoms with van der Waals surface area (Å²) >= 11 is 0. The third-order valence-corrected chi connectivity index (χ3v) is 2.83. The van der Waals surface area contributed by atoms with Gasteiger partial charge in [0.1, 0.15) is 5.82 Å². The van der Waals surface area contributed by atoms with Crippen molar-refractivity contribution in [3.63, 3.8) is 0 Å². The third kappa shape index (κ3) is 1.91. The van der Waals surface area contributed by atoms with Crippen molar-refractivity contribution in [3.05, 3.63) is 65.6 Å². The Morgan fingerprint density at radius 2 is 1.72 bits per heavy atom. The molecule has 0 aliphatic heterocycles. The first-order chi connectivity index (χ1) is 8.84. The van der Waals surface area contributed by atoms with Gasteiger partial charge in [-0.25, -0.2) is 4.39 Å². The number of fused-ring (bicyclic) bond motifs is 1. The van der Waals surface area contributed by atoms with Crippen molar-refractivity contribution in [3.8, 4) is 0 Å². The van der Waals surface area contributed by atoms with E-state index >= 15 is 0 Å². The minimum atomic E-state index is -0.228. The summed E-state index contributed by atoms with van der Waals surface area (Å²) in [5.41, 5.74) is 2.35. The molecule has 18 heavy (non-hydrogen) atoms. The molecular weight excluding hydrogens is 227 g/mol. The molecule has 0 aliphatic rings. The van der Waals surface area contributed by atoms with Crippen molar-refractivity contribution in [1.82, 2.24) is 10.2 Å². The number of rotatable bonds is 2. The lowest BCUT2D eigenvalue weighted by atomic mass is 10.1. The zero-order valence-corrected chi connectivity index (χ0v) is 9.60. The van der Waals surface area contributed by atoms with Crippen LogP contribution in [0.4, 0.5) is 4.39 Å². The molecule has 1 heterocycles. The van der Waals surface area contributed by atoms with Crippen LogP contribution in [0.25, 0.3) is 23.1 Å². The van der Waals surface area contributed by atoms with E-state index < -0.39 is 0 Å². The average molecular weight is 238 g/mol. The van der Waals surface area contributed by atoms with Crippen LogP contribution in [0.15, 0.2) is 48.5 Å². The largest absolute Gasteiger partial charge is 0.277 e. The molecule has 0 bridgehead atoms. The lowest BCUT2D eigenvalue weighted by molar-refractivity contribution is 0.625. The zero-order chi connectivity index (χ0) is 12.4. The van der Waals surface area contributed by atoms with Gasteiger partial charge in [0.05, 0.1) is 11.2 Å². The number of aromatic nitrogens is 2. The topological polar surface area (TPSA) is 28.7 Å². The maximum atomic E-state index is 13.5. The summed E-state index contributed by atoms with van der Waals surface area (Å²) in [6, 6.07) is 14.5. The van der Waals surface area contributed by atoms with Crippen molar-refractivity contribution in [2.75, 3.05) is 0 Å². The fraction of sp³-hybridized carbons (Fsp3) is 0. The summed E-state index contributed by atoms with van der Waals surface area (Å²) in [5, 5.41) is 8.18. The number of halogens is 1. The van der Waals surface area contributed by atoms with Crippen LogP contribution in [0.3, 0.4) is 0 Å². The van der Waals surface area contributed by atoms with Gasteiger partial charge < -0.3 is 0 Å². The molecule has 1 N–H and O–H groups in total. The molecule has 0 atom stereocenters. The van der Waals surface area contributed by atoms with Gasteiger partial charge in [-0.2, -0.15) is 5.10 Å². The monoisotopic (exact) mass is 238 g/mol. The lowest BCUT2D eigenvalue weighted by Gasteiger charge is -1.94. The highest BCUT2D eigenvalue weighted by atomic mass is 19.1. The summed E-state index contributed by atoms with van der Waals surface area (Å²) in [4.78, 5) is 0. The van der Waals surface area contributed by atoms with E-state index in [4.69, 9.17) is 0 Å². The van der Waals surface area contributed by atoms with Gasteiger partial charge in [-0.05, 0) is 24.3 Å². The SMILES string of the molecule is Fc1ccccc1C=Cc1n[nH]c2ccccc12. The van der Waals surface area contributed by atoms with Gasteiger partial charge in [0.15, 0.2) is 0 Å². The Kier molecular flexibility index (Phi) is 2.65. The van der Waals surface area contributed by atoms with E-state index in [9.17, 15) is 4.39 Å². The van der Waals surface area contributed by atoms with Crippen LogP contribution in [0, 0.1) is 5.82 Å². The van der Waals surface area contributed by atoms with Crippen LogP contribution in [0.1, 0.15) is 11.3 Å². The van der Waals surface area contributed by atoms with E-state index in [2.05, 4.69) is 10.2 Å². The lowest BCUT2D eigenvalue weighted by Crippen LogP contribution is -1.79. The number of hydrogen-bond acceptors (Lipinski definition) is 1. The normalized spacial score (nSPS) is 11.4. The molecule has 0 saturated heterocycles. The highest BCUT2D eigenvalue weighted by Gasteiger charge is 2.01. The smallest absolute Gasteiger partial charge is 0.130 e. The molecule has 0 fully saturated rings. The Hall–Kier alpha value is -2.42. The quantitative estimate of drug-likeness (QED) is 0.721. The van der Waals surface area contributed by atoms with E-state index in [1.807, 2.05) is 36.4 Å². The van der Waals surface area contributed by atoms with Gasteiger partial charge >= 0.3 is 0 Å². The maximum absolute atomic E-state index is 13.5. The van der Waals surface area contributed by atoms with Gasteiger partial charge in [-0.15, -0.1) is 0 Å². The van der Waals surface area contributed by atoms with Crippen molar-refractivity contribution in [1.29, 1.82) is 0 Å². The van der Waals surface area contributed by atoms with Gasteiger partial charge in [-0.3, -0.25) is 5.10 Å². The Morgan fingerprint density at radius 1 is 0.944 bits per heavy atom. The van der Waals surface area contributed by atoms with Crippen molar-refractivity contribution in [2.45, 2.75) is 0 Å². The van der Waals surface area contributed by atoms with E-state index in [-0.39, 0.29) is 5.82 Å². The number of H-pyrrole nitrogens is 1. The molecular formula is C15H11FN2. The molecule has 2 nitrogen and oxygen atoms in total. The van der Waals surface area contributed by atoms with Gasteiger partial charge in [0.25, 0.3) is 0 Å². The average Bonchev–Trinajstić information content (AvgIpc) is 2.81. The second kappa shape index (κ2) is 4.45. The number of benzene rings is 2. The molecule has 3 aromatic rings. The number of nitrogens with zero attached hydrogens (tertiary/aromatic N) is 1. The number of nitrogens with one attached hydrogen (secondary N) is 1. The van der Waals surface area contributed by atoms with Crippen molar-refractivity contribution >= 4 is 23.1 Å². The first kappa shape index (κ1) is 10.7. The summed E-state index contributed by atoms with van der Waals surface area (Å²) in [6.45, 7) is 0. The number of aromatic amines is 1. The zero-order valence-electron chi connectivity index (χ0n) is 9.60. The van der Waals surface area contributed by atoms with E-state index in [1.54, 1.807) is 18.2 Å².